The van der Waals surface area contributed by atoms with Crippen molar-refractivity contribution in [3.8, 4) is 5.75 Å². The van der Waals surface area contributed by atoms with Crippen LogP contribution in [0.25, 0.3) is 32.7 Å². The minimum Gasteiger partial charge on any atom is -0.497 e. The summed E-state index contributed by atoms with van der Waals surface area (Å²) < 4.78 is 5.22. The van der Waals surface area contributed by atoms with E-state index in [1.54, 1.807) is 13.2 Å². The van der Waals surface area contributed by atoms with Crippen molar-refractivity contribution in [3.63, 3.8) is 0 Å². The molecule has 2 N–H and O–H groups in total. The van der Waals surface area contributed by atoms with E-state index in [-0.39, 0.29) is 5.43 Å². The molecule has 0 aliphatic heterocycles. The highest BCUT2D eigenvalue weighted by Crippen LogP contribution is 2.25. The van der Waals surface area contributed by atoms with E-state index in [0.29, 0.717) is 11.1 Å². The van der Waals surface area contributed by atoms with E-state index in [0.717, 1.165) is 33.0 Å². The molecule has 104 valence electrons. The van der Waals surface area contributed by atoms with Gasteiger partial charge >= 0.3 is 0 Å². The number of fused-ring (bicyclic) bond motifs is 4. The van der Waals surface area contributed by atoms with Crippen LogP contribution in [0.2, 0.25) is 0 Å². The summed E-state index contributed by atoms with van der Waals surface area (Å²) in [5, 5.41) is 2.32. The third-order valence-electron chi connectivity index (χ3n) is 3.91. The van der Waals surface area contributed by atoms with E-state index in [2.05, 4.69) is 9.97 Å². The molecular formula is C17H14N2O2. The van der Waals surface area contributed by atoms with Crippen LogP contribution in [-0.4, -0.2) is 17.1 Å². The predicted octanol–water partition coefficient (Wildman–Crippen LogP) is 3.48. The van der Waals surface area contributed by atoms with Crippen LogP contribution in [0.3, 0.4) is 0 Å². The number of hydrogen-bond donors (Lipinski definition) is 2. The first kappa shape index (κ1) is 12.0. The SMILES string of the molecule is COc1ccc2[nH]c3ccc4[nH]c(C)cc4c3c(=O)c2c1. The second kappa shape index (κ2) is 4.12. The molecule has 4 nitrogen and oxygen atoms in total. The van der Waals surface area contributed by atoms with Crippen LogP contribution >= 0.6 is 0 Å². The summed E-state index contributed by atoms with van der Waals surface area (Å²) in [6.45, 7) is 1.99. The summed E-state index contributed by atoms with van der Waals surface area (Å²) >= 11 is 0. The number of aromatic amines is 2. The van der Waals surface area contributed by atoms with Gasteiger partial charge in [-0.2, -0.15) is 0 Å². The maximum Gasteiger partial charge on any atom is 0.198 e. The van der Waals surface area contributed by atoms with Gasteiger partial charge in [-0.3, -0.25) is 4.79 Å². The quantitative estimate of drug-likeness (QED) is 0.524. The molecule has 4 rings (SSSR count). The Bertz CT molecular complexity index is 1060. The fourth-order valence-electron chi connectivity index (χ4n) is 2.92. The Labute approximate surface area is 120 Å². The highest BCUT2D eigenvalue weighted by Gasteiger charge is 2.11. The number of aryl methyl sites for hydroxylation is 1. The van der Waals surface area contributed by atoms with E-state index >= 15 is 0 Å². The van der Waals surface area contributed by atoms with Crippen molar-refractivity contribution in [2.45, 2.75) is 6.92 Å². The fraction of sp³-hybridized carbons (Fsp3) is 0.118. The number of ether oxygens (including phenoxy) is 1. The molecule has 0 spiro atoms. The van der Waals surface area contributed by atoms with Crippen molar-refractivity contribution in [3.05, 3.63) is 52.3 Å². The Morgan fingerprint density at radius 2 is 1.62 bits per heavy atom. The maximum absolute atomic E-state index is 12.9. The second-order valence-electron chi connectivity index (χ2n) is 5.27. The molecule has 0 radical (unpaired) electrons. The van der Waals surface area contributed by atoms with Crippen LogP contribution in [0.5, 0.6) is 5.75 Å². The normalized spacial score (nSPS) is 11.5. The van der Waals surface area contributed by atoms with Gasteiger partial charge in [-0.1, -0.05) is 0 Å². The summed E-state index contributed by atoms with van der Waals surface area (Å²) in [4.78, 5) is 19.5. The molecule has 2 heterocycles. The van der Waals surface area contributed by atoms with Gasteiger partial charge in [0, 0.05) is 22.0 Å². The molecule has 0 saturated carbocycles. The largest absolute Gasteiger partial charge is 0.497 e. The zero-order valence-corrected chi connectivity index (χ0v) is 11.8. The van der Waals surface area contributed by atoms with Crippen molar-refractivity contribution in [2.75, 3.05) is 7.11 Å². The lowest BCUT2D eigenvalue weighted by Gasteiger charge is -2.05. The summed E-state index contributed by atoms with van der Waals surface area (Å²) in [7, 11) is 1.60. The Morgan fingerprint density at radius 1 is 0.905 bits per heavy atom. The van der Waals surface area contributed by atoms with E-state index in [1.165, 1.54) is 0 Å². The molecule has 0 bridgehead atoms. The molecule has 0 aliphatic rings. The number of H-pyrrole nitrogens is 2. The number of benzene rings is 2. The van der Waals surface area contributed by atoms with Crippen molar-refractivity contribution < 1.29 is 4.74 Å². The summed E-state index contributed by atoms with van der Waals surface area (Å²) in [6.07, 6.45) is 0. The lowest BCUT2D eigenvalue weighted by Crippen LogP contribution is -2.04. The summed E-state index contributed by atoms with van der Waals surface area (Å²) in [5.74, 6) is 0.685. The maximum atomic E-state index is 12.9. The number of nitrogens with one attached hydrogen (secondary N) is 2. The van der Waals surface area contributed by atoms with Gasteiger partial charge in [-0.25, -0.2) is 0 Å². The first-order chi connectivity index (χ1) is 10.2. The van der Waals surface area contributed by atoms with Crippen molar-refractivity contribution >= 4 is 32.7 Å². The molecule has 2 aromatic carbocycles. The van der Waals surface area contributed by atoms with Crippen molar-refractivity contribution in [1.82, 2.24) is 9.97 Å². The average molecular weight is 278 g/mol. The van der Waals surface area contributed by atoms with E-state index in [1.807, 2.05) is 37.3 Å². The monoisotopic (exact) mass is 278 g/mol. The van der Waals surface area contributed by atoms with Gasteiger partial charge in [0.1, 0.15) is 5.75 Å². The van der Waals surface area contributed by atoms with Gasteiger partial charge in [-0.15, -0.1) is 0 Å². The molecule has 0 aliphatic carbocycles. The van der Waals surface area contributed by atoms with Gasteiger partial charge in [0.15, 0.2) is 5.43 Å². The van der Waals surface area contributed by atoms with Gasteiger partial charge in [-0.05, 0) is 43.3 Å². The zero-order chi connectivity index (χ0) is 14.6. The average Bonchev–Trinajstić information content (AvgIpc) is 2.87. The molecule has 0 unspecified atom stereocenters. The standard InChI is InChI=1S/C17H14N2O2/c1-9-7-11-13(18-9)5-6-15-16(11)17(20)12-8-10(21-2)3-4-14(12)19-15/h3-8,18H,1-2H3,(H,19,20). The predicted molar refractivity (Wildman–Crippen MR) is 85.2 cm³/mol. The first-order valence-corrected chi connectivity index (χ1v) is 6.79. The molecular weight excluding hydrogens is 264 g/mol. The molecule has 0 saturated heterocycles. The highest BCUT2D eigenvalue weighted by molar-refractivity contribution is 6.08. The van der Waals surface area contributed by atoms with Crippen LogP contribution in [0.15, 0.2) is 41.2 Å². The van der Waals surface area contributed by atoms with Crippen LogP contribution in [0, 0.1) is 6.92 Å². The van der Waals surface area contributed by atoms with Gasteiger partial charge < -0.3 is 14.7 Å². The Hall–Kier alpha value is -2.75. The smallest absolute Gasteiger partial charge is 0.198 e. The third kappa shape index (κ3) is 1.65. The van der Waals surface area contributed by atoms with Crippen LogP contribution in [-0.2, 0) is 0 Å². The van der Waals surface area contributed by atoms with Crippen LogP contribution in [0.1, 0.15) is 5.69 Å². The van der Waals surface area contributed by atoms with Crippen LogP contribution < -0.4 is 10.2 Å². The topological polar surface area (TPSA) is 57.9 Å². The van der Waals surface area contributed by atoms with Crippen molar-refractivity contribution in [1.29, 1.82) is 0 Å². The lowest BCUT2D eigenvalue weighted by atomic mass is 10.1. The lowest BCUT2D eigenvalue weighted by molar-refractivity contribution is 0.415. The number of pyridine rings is 1. The van der Waals surface area contributed by atoms with Gasteiger partial charge in [0.25, 0.3) is 0 Å². The fourth-order valence-corrected chi connectivity index (χ4v) is 2.92. The highest BCUT2D eigenvalue weighted by atomic mass is 16.5. The minimum atomic E-state index is 0.0299. The Kier molecular flexibility index (Phi) is 2.36. The van der Waals surface area contributed by atoms with Gasteiger partial charge in [0.05, 0.1) is 23.5 Å². The number of rotatable bonds is 1. The first-order valence-electron chi connectivity index (χ1n) is 6.79. The van der Waals surface area contributed by atoms with Crippen LogP contribution in [0.4, 0.5) is 0 Å². The van der Waals surface area contributed by atoms with Crippen molar-refractivity contribution in [2.24, 2.45) is 0 Å². The zero-order valence-electron chi connectivity index (χ0n) is 11.8. The van der Waals surface area contributed by atoms with Gasteiger partial charge in [0.2, 0.25) is 0 Å². The molecule has 0 fully saturated rings. The molecule has 21 heavy (non-hydrogen) atoms. The Balaban J connectivity index is 2.26. The number of methoxy groups -OCH3 is 1. The number of aromatic nitrogens is 2. The Morgan fingerprint density at radius 3 is 2.43 bits per heavy atom. The molecule has 4 aromatic rings. The van der Waals surface area contributed by atoms with E-state index in [9.17, 15) is 4.79 Å². The second-order valence-corrected chi connectivity index (χ2v) is 5.27. The van der Waals surface area contributed by atoms with E-state index in [4.69, 9.17) is 4.74 Å². The van der Waals surface area contributed by atoms with E-state index < -0.39 is 0 Å². The third-order valence-corrected chi connectivity index (χ3v) is 3.91. The minimum absolute atomic E-state index is 0.0299. The molecule has 2 aromatic heterocycles. The summed E-state index contributed by atoms with van der Waals surface area (Å²) in [6, 6.07) is 11.5. The summed E-state index contributed by atoms with van der Waals surface area (Å²) in [5.41, 5.74) is 3.72. The molecule has 0 amide bonds. The molecule has 4 heteroatoms. The molecule has 0 atom stereocenters. The number of hydrogen-bond acceptors (Lipinski definition) is 2.